The van der Waals surface area contributed by atoms with Crippen molar-refractivity contribution in [3.05, 3.63) is 71.8 Å². The molecule has 0 radical (unpaired) electrons. The van der Waals surface area contributed by atoms with Crippen LogP contribution < -0.4 is 4.72 Å². The van der Waals surface area contributed by atoms with Crippen LogP contribution in [0.15, 0.2) is 60.7 Å². The van der Waals surface area contributed by atoms with Crippen LogP contribution >= 0.6 is 0 Å². The number of nitrogens with zero attached hydrogens (tertiary/aromatic N) is 1. The number of nitrogens with one attached hydrogen (secondary N) is 1. The third kappa shape index (κ3) is 6.67. The number of ether oxygens (including phenoxy) is 1. The number of sulfonamides is 1. The van der Waals surface area contributed by atoms with Gasteiger partial charge in [-0.3, -0.25) is 9.59 Å². The minimum absolute atomic E-state index is 0.134. The van der Waals surface area contributed by atoms with Crippen molar-refractivity contribution < 1.29 is 22.7 Å². The Labute approximate surface area is 177 Å². The van der Waals surface area contributed by atoms with Gasteiger partial charge in [-0.1, -0.05) is 60.7 Å². The molecule has 3 rings (SSSR count). The van der Waals surface area contributed by atoms with Crippen LogP contribution in [0.2, 0.25) is 0 Å². The average molecular weight is 431 g/mol. The van der Waals surface area contributed by atoms with Crippen molar-refractivity contribution in [3.8, 4) is 0 Å². The number of esters is 1. The van der Waals surface area contributed by atoms with Crippen LogP contribution in [0.25, 0.3) is 0 Å². The summed E-state index contributed by atoms with van der Waals surface area (Å²) in [6, 6.07) is 17.2. The zero-order valence-corrected chi connectivity index (χ0v) is 17.5. The Morgan fingerprint density at radius 1 is 1.00 bits per heavy atom. The molecule has 0 aromatic heterocycles. The molecule has 30 heavy (non-hydrogen) atoms. The monoisotopic (exact) mass is 430 g/mol. The second-order valence-corrected chi connectivity index (χ2v) is 9.07. The summed E-state index contributed by atoms with van der Waals surface area (Å²) in [5, 5.41) is 0. The van der Waals surface area contributed by atoms with Gasteiger partial charge in [-0.15, -0.1) is 0 Å². The fraction of sp³-hybridized carbons (Fsp3) is 0.364. The molecule has 7 nitrogen and oxygen atoms in total. The zero-order valence-electron chi connectivity index (χ0n) is 16.7. The maximum Gasteiger partial charge on any atom is 0.325 e. The Balaban J connectivity index is 1.57. The number of amides is 1. The number of carbonyl (C=O) groups is 2. The number of hydrogen-bond donors (Lipinski definition) is 1. The van der Waals surface area contributed by atoms with Gasteiger partial charge in [0.25, 0.3) is 0 Å². The van der Waals surface area contributed by atoms with Crippen molar-refractivity contribution in [2.75, 3.05) is 13.1 Å². The molecule has 0 unspecified atom stereocenters. The summed E-state index contributed by atoms with van der Waals surface area (Å²) in [4.78, 5) is 26.5. The fourth-order valence-electron chi connectivity index (χ4n) is 3.36. The average Bonchev–Trinajstić information content (AvgIpc) is 2.89. The first-order valence-corrected chi connectivity index (χ1v) is 11.6. The molecule has 0 spiro atoms. The van der Waals surface area contributed by atoms with Crippen LogP contribution in [0, 0.1) is 0 Å². The van der Waals surface area contributed by atoms with Gasteiger partial charge in [-0.2, -0.15) is 0 Å². The predicted octanol–water partition coefficient (Wildman–Crippen LogP) is 2.23. The van der Waals surface area contributed by atoms with Gasteiger partial charge in [-0.05, 0) is 30.4 Å². The van der Waals surface area contributed by atoms with Gasteiger partial charge in [0.2, 0.25) is 15.9 Å². The van der Waals surface area contributed by atoms with Crippen LogP contribution in [0.4, 0.5) is 0 Å². The second-order valence-electron chi connectivity index (χ2n) is 7.32. The summed E-state index contributed by atoms with van der Waals surface area (Å²) < 4.78 is 32.9. The molecule has 1 N–H and O–H groups in total. The van der Waals surface area contributed by atoms with Crippen LogP contribution in [0.5, 0.6) is 0 Å². The first kappa shape index (κ1) is 22.0. The van der Waals surface area contributed by atoms with E-state index >= 15 is 0 Å². The quantitative estimate of drug-likeness (QED) is 0.649. The molecule has 1 aliphatic heterocycles. The van der Waals surface area contributed by atoms with E-state index < -0.39 is 22.0 Å². The van der Waals surface area contributed by atoms with E-state index in [2.05, 4.69) is 4.72 Å². The Morgan fingerprint density at radius 2 is 1.63 bits per heavy atom. The van der Waals surface area contributed by atoms with Gasteiger partial charge < -0.3 is 9.64 Å². The number of likely N-dealkylation sites (tertiary alicyclic amines) is 1. The van der Waals surface area contributed by atoms with Crippen molar-refractivity contribution in [1.82, 2.24) is 9.62 Å². The Hall–Kier alpha value is -2.71. The van der Waals surface area contributed by atoms with Crippen molar-refractivity contribution in [2.45, 2.75) is 37.7 Å². The molecule has 0 bridgehead atoms. The normalized spacial score (nSPS) is 17.4. The van der Waals surface area contributed by atoms with E-state index in [0.717, 1.165) is 5.56 Å². The van der Waals surface area contributed by atoms with Gasteiger partial charge >= 0.3 is 5.97 Å². The molecule has 1 atom stereocenters. The lowest BCUT2D eigenvalue weighted by Gasteiger charge is -2.24. The summed E-state index contributed by atoms with van der Waals surface area (Å²) in [5.41, 5.74) is 1.51. The van der Waals surface area contributed by atoms with Crippen molar-refractivity contribution in [1.29, 1.82) is 0 Å². The highest BCUT2D eigenvalue weighted by Gasteiger charge is 2.31. The largest absolute Gasteiger partial charge is 0.459 e. The van der Waals surface area contributed by atoms with Crippen LogP contribution in [-0.4, -0.2) is 44.3 Å². The molecule has 1 amide bonds. The van der Waals surface area contributed by atoms with E-state index in [1.165, 1.54) is 4.90 Å². The summed E-state index contributed by atoms with van der Waals surface area (Å²) >= 11 is 0. The molecule has 160 valence electrons. The van der Waals surface area contributed by atoms with E-state index in [4.69, 9.17) is 4.74 Å². The van der Waals surface area contributed by atoms with E-state index in [0.29, 0.717) is 31.4 Å². The van der Waals surface area contributed by atoms with E-state index in [1.807, 2.05) is 36.4 Å². The maximum atomic E-state index is 12.9. The zero-order chi connectivity index (χ0) is 21.4. The number of rotatable bonds is 8. The SMILES string of the molecule is O=C(CN1CCCC[C@H](NS(=O)(=O)Cc2ccccc2)C1=O)OCc1ccccc1. The van der Waals surface area contributed by atoms with Crippen molar-refractivity contribution in [3.63, 3.8) is 0 Å². The minimum atomic E-state index is -3.70. The Morgan fingerprint density at radius 3 is 2.30 bits per heavy atom. The highest BCUT2D eigenvalue weighted by atomic mass is 32.2. The molecule has 1 aliphatic rings. The first-order chi connectivity index (χ1) is 14.4. The van der Waals surface area contributed by atoms with Gasteiger partial charge in [0.15, 0.2) is 0 Å². The molecule has 1 saturated heterocycles. The van der Waals surface area contributed by atoms with Crippen LogP contribution in [0.1, 0.15) is 30.4 Å². The molecule has 1 fully saturated rings. The summed E-state index contributed by atoms with van der Waals surface area (Å²) in [6.45, 7) is 0.341. The standard InChI is InChI=1S/C22H26N2O5S/c25-21(29-16-18-9-3-1-4-10-18)15-24-14-8-7-13-20(22(24)26)23-30(27,28)17-19-11-5-2-6-12-19/h1-6,9-12,20,23H,7-8,13-17H2/t20-/m0/s1. The highest BCUT2D eigenvalue weighted by Crippen LogP contribution is 2.15. The third-order valence-corrected chi connectivity index (χ3v) is 6.22. The maximum absolute atomic E-state index is 12.9. The summed E-state index contributed by atoms with van der Waals surface area (Å²) in [7, 11) is -3.70. The van der Waals surface area contributed by atoms with Gasteiger partial charge in [0.1, 0.15) is 19.2 Å². The van der Waals surface area contributed by atoms with Crippen molar-refractivity contribution in [2.24, 2.45) is 0 Å². The topological polar surface area (TPSA) is 92.8 Å². The van der Waals surface area contributed by atoms with E-state index in [1.54, 1.807) is 24.3 Å². The lowest BCUT2D eigenvalue weighted by Crippen LogP contribution is -2.49. The smallest absolute Gasteiger partial charge is 0.325 e. The van der Waals surface area contributed by atoms with Gasteiger partial charge in [0, 0.05) is 6.54 Å². The van der Waals surface area contributed by atoms with E-state index in [-0.39, 0.29) is 24.8 Å². The summed E-state index contributed by atoms with van der Waals surface area (Å²) in [5.74, 6) is -1.10. The molecule has 0 saturated carbocycles. The number of hydrogen-bond acceptors (Lipinski definition) is 5. The molecule has 0 aliphatic carbocycles. The van der Waals surface area contributed by atoms with Crippen LogP contribution in [-0.2, 0) is 36.7 Å². The van der Waals surface area contributed by atoms with Gasteiger partial charge in [0.05, 0.1) is 5.75 Å². The first-order valence-electron chi connectivity index (χ1n) is 9.95. The highest BCUT2D eigenvalue weighted by molar-refractivity contribution is 7.88. The minimum Gasteiger partial charge on any atom is -0.459 e. The Kier molecular flexibility index (Phi) is 7.59. The lowest BCUT2D eigenvalue weighted by molar-refractivity contribution is -0.150. The predicted molar refractivity (Wildman–Crippen MR) is 113 cm³/mol. The lowest BCUT2D eigenvalue weighted by atomic mass is 10.1. The molecular weight excluding hydrogens is 404 g/mol. The third-order valence-electron chi connectivity index (χ3n) is 4.86. The fourth-order valence-corrected chi connectivity index (χ4v) is 4.73. The summed E-state index contributed by atoms with van der Waals surface area (Å²) in [6.07, 6.45) is 1.80. The molecular formula is C22H26N2O5S. The molecule has 1 heterocycles. The number of benzene rings is 2. The van der Waals surface area contributed by atoms with E-state index in [9.17, 15) is 18.0 Å². The number of carbonyl (C=O) groups excluding carboxylic acids is 2. The molecule has 2 aromatic carbocycles. The molecule has 2 aromatic rings. The Bertz CT molecular complexity index is 948. The van der Waals surface area contributed by atoms with Gasteiger partial charge in [-0.25, -0.2) is 13.1 Å². The molecule has 8 heteroatoms. The second kappa shape index (κ2) is 10.4. The van der Waals surface area contributed by atoms with Crippen molar-refractivity contribution >= 4 is 21.9 Å². The van der Waals surface area contributed by atoms with Crippen LogP contribution in [0.3, 0.4) is 0 Å².